The minimum Gasteiger partial charge on any atom is -0.508 e. The summed E-state index contributed by atoms with van der Waals surface area (Å²) in [5, 5.41) is 16.0. The molecule has 0 fully saturated rings. The van der Waals surface area contributed by atoms with Crippen molar-refractivity contribution in [2.45, 2.75) is 0 Å². The van der Waals surface area contributed by atoms with Crippen LogP contribution in [0.4, 0.5) is 5.82 Å². The average molecular weight is 337 g/mol. The van der Waals surface area contributed by atoms with E-state index in [1.807, 2.05) is 12.1 Å². The van der Waals surface area contributed by atoms with Gasteiger partial charge in [0.15, 0.2) is 10.8 Å². The smallest absolute Gasteiger partial charge is 0.180 e. The Bertz CT molecular complexity index is 912. The van der Waals surface area contributed by atoms with Gasteiger partial charge in [-0.1, -0.05) is 18.2 Å². The molecule has 2 heterocycles. The Kier molecular flexibility index (Phi) is 4.62. The van der Waals surface area contributed by atoms with Gasteiger partial charge in [0.2, 0.25) is 0 Å². The van der Waals surface area contributed by atoms with E-state index in [9.17, 15) is 5.11 Å². The second-order valence-corrected chi connectivity index (χ2v) is 5.38. The number of hydrogen-bond acceptors (Lipinski definition) is 5. The Morgan fingerprint density at radius 2 is 2.12 bits per heavy atom. The summed E-state index contributed by atoms with van der Waals surface area (Å²) in [5.41, 5.74) is 2.57. The molecule has 0 radical (unpaired) electrons. The Morgan fingerprint density at radius 3 is 2.92 bits per heavy atom. The zero-order chi connectivity index (χ0) is 16.9. The van der Waals surface area contributed by atoms with Crippen molar-refractivity contribution < 1.29 is 5.11 Å². The Morgan fingerprint density at radius 1 is 1.25 bits per heavy atom. The number of nitrogens with zero attached hydrogens (tertiary/aromatic N) is 3. The van der Waals surface area contributed by atoms with Crippen LogP contribution in [-0.4, -0.2) is 31.7 Å². The first-order chi connectivity index (χ1) is 11.7. The molecule has 24 heavy (non-hydrogen) atoms. The number of rotatable bonds is 4. The molecule has 0 aliphatic heterocycles. The van der Waals surface area contributed by atoms with E-state index in [0.717, 1.165) is 5.56 Å². The molecule has 0 unspecified atom stereocenters. The molecule has 0 saturated heterocycles. The number of anilines is 1. The fraction of sp³-hybridized carbons (Fsp3) is 0.0588. The van der Waals surface area contributed by atoms with Gasteiger partial charge in [-0.2, -0.15) is 0 Å². The number of nitrogens with one attached hydrogen (secondary N) is 2. The number of fused-ring (bicyclic) bond motifs is 1. The first kappa shape index (κ1) is 15.8. The second kappa shape index (κ2) is 7.01. The summed E-state index contributed by atoms with van der Waals surface area (Å²) in [4.78, 5) is 13.3. The van der Waals surface area contributed by atoms with Crippen LogP contribution in [0.15, 0.2) is 55.3 Å². The van der Waals surface area contributed by atoms with Gasteiger partial charge in [0.05, 0.1) is 11.9 Å². The summed E-state index contributed by atoms with van der Waals surface area (Å²) in [6.07, 6.45) is 3.37. The van der Waals surface area contributed by atoms with Gasteiger partial charge in [-0.15, -0.1) is 6.58 Å². The molecule has 0 bridgehead atoms. The highest BCUT2D eigenvalue weighted by Gasteiger charge is 2.06. The maximum absolute atomic E-state index is 9.60. The van der Waals surface area contributed by atoms with Crippen LogP contribution < -0.4 is 10.6 Å². The summed E-state index contributed by atoms with van der Waals surface area (Å²) in [7, 11) is 0. The first-order valence-corrected chi connectivity index (χ1v) is 7.65. The van der Waals surface area contributed by atoms with Gasteiger partial charge in [0, 0.05) is 12.1 Å². The minimum absolute atomic E-state index is 0.177. The Hall–Kier alpha value is -3.06. The topological polar surface area (TPSA) is 83.0 Å². The number of aromatic hydroxyl groups is 1. The van der Waals surface area contributed by atoms with Gasteiger partial charge < -0.3 is 15.7 Å². The van der Waals surface area contributed by atoms with Gasteiger partial charge in [0.1, 0.15) is 17.1 Å². The maximum Gasteiger partial charge on any atom is 0.180 e. The van der Waals surface area contributed by atoms with Gasteiger partial charge in [-0.25, -0.2) is 9.97 Å². The van der Waals surface area contributed by atoms with Crippen LogP contribution in [-0.2, 0) is 0 Å². The quantitative estimate of drug-likeness (QED) is 0.499. The van der Waals surface area contributed by atoms with Crippen LogP contribution in [0, 0.1) is 0 Å². The van der Waals surface area contributed by atoms with E-state index in [1.165, 1.54) is 0 Å². The zero-order valence-electron chi connectivity index (χ0n) is 12.7. The highest BCUT2D eigenvalue weighted by molar-refractivity contribution is 7.80. The zero-order valence-corrected chi connectivity index (χ0v) is 13.5. The van der Waals surface area contributed by atoms with E-state index in [4.69, 9.17) is 12.2 Å². The Balaban J connectivity index is 1.90. The molecule has 0 atom stereocenters. The summed E-state index contributed by atoms with van der Waals surface area (Å²) >= 11 is 5.17. The van der Waals surface area contributed by atoms with Crippen LogP contribution in [0.25, 0.3) is 22.4 Å². The molecular formula is C17H15N5OS. The van der Waals surface area contributed by atoms with Gasteiger partial charge >= 0.3 is 0 Å². The summed E-state index contributed by atoms with van der Waals surface area (Å²) in [5.74, 6) is 0.753. The van der Waals surface area contributed by atoms with Crippen LogP contribution >= 0.6 is 12.2 Å². The van der Waals surface area contributed by atoms with E-state index in [2.05, 4.69) is 32.2 Å². The molecule has 0 aliphatic rings. The van der Waals surface area contributed by atoms with Crippen molar-refractivity contribution in [2.75, 3.05) is 11.9 Å². The van der Waals surface area contributed by atoms with E-state index in [0.29, 0.717) is 34.3 Å². The van der Waals surface area contributed by atoms with E-state index in [1.54, 1.807) is 36.5 Å². The van der Waals surface area contributed by atoms with Crippen molar-refractivity contribution in [1.82, 2.24) is 20.3 Å². The third-order valence-electron chi connectivity index (χ3n) is 3.20. The number of hydrogen-bond donors (Lipinski definition) is 3. The van der Waals surface area contributed by atoms with Crippen LogP contribution in [0.5, 0.6) is 5.75 Å². The normalized spacial score (nSPS) is 10.3. The van der Waals surface area contributed by atoms with Crippen molar-refractivity contribution in [3.05, 3.63) is 55.3 Å². The molecule has 0 saturated carbocycles. The van der Waals surface area contributed by atoms with Crippen LogP contribution in [0.1, 0.15) is 0 Å². The van der Waals surface area contributed by atoms with Crippen molar-refractivity contribution in [1.29, 1.82) is 0 Å². The van der Waals surface area contributed by atoms with Crippen LogP contribution in [0.2, 0.25) is 0 Å². The third-order valence-corrected chi connectivity index (χ3v) is 3.44. The lowest BCUT2D eigenvalue weighted by molar-refractivity contribution is 0.475. The molecule has 120 valence electrons. The lowest BCUT2D eigenvalue weighted by atomic mass is 10.1. The second-order valence-electron chi connectivity index (χ2n) is 4.97. The molecule has 2 aromatic heterocycles. The molecule has 0 amide bonds. The standard InChI is InChI=1S/C17H15N5OS/c1-2-8-18-17(24)22-15-7-6-13-16(21-15)20-14(10-19-13)11-4-3-5-12(23)9-11/h2-7,9-10,23H,1,8H2,(H2,18,20,21,22,24). The fourth-order valence-electron chi connectivity index (χ4n) is 2.10. The highest BCUT2D eigenvalue weighted by atomic mass is 32.1. The van der Waals surface area contributed by atoms with Crippen molar-refractivity contribution in [2.24, 2.45) is 0 Å². The Labute approximate surface area is 144 Å². The molecule has 3 rings (SSSR count). The molecule has 3 aromatic rings. The number of phenolic OH excluding ortho intramolecular Hbond substituents is 1. The number of pyridine rings is 1. The lowest BCUT2D eigenvalue weighted by Crippen LogP contribution is -2.28. The van der Waals surface area contributed by atoms with Crippen molar-refractivity contribution in [3.63, 3.8) is 0 Å². The largest absolute Gasteiger partial charge is 0.508 e. The molecule has 0 aliphatic carbocycles. The van der Waals surface area contributed by atoms with Gasteiger partial charge in [0.25, 0.3) is 0 Å². The van der Waals surface area contributed by atoms with Gasteiger partial charge in [-0.05, 0) is 36.5 Å². The maximum atomic E-state index is 9.60. The minimum atomic E-state index is 0.177. The number of phenols is 1. The molecule has 0 spiro atoms. The SMILES string of the molecule is C=CCNC(=S)Nc1ccc2ncc(-c3cccc(O)c3)nc2n1. The van der Waals surface area contributed by atoms with Crippen LogP contribution in [0.3, 0.4) is 0 Å². The predicted octanol–water partition coefficient (Wildman–Crippen LogP) is 2.87. The molecule has 7 heteroatoms. The monoisotopic (exact) mass is 337 g/mol. The van der Waals surface area contributed by atoms with E-state index in [-0.39, 0.29) is 5.75 Å². The number of aromatic nitrogens is 3. The predicted molar refractivity (Wildman–Crippen MR) is 98.9 cm³/mol. The van der Waals surface area contributed by atoms with Crippen molar-refractivity contribution in [3.8, 4) is 17.0 Å². The molecule has 3 N–H and O–H groups in total. The first-order valence-electron chi connectivity index (χ1n) is 7.24. The molecular weight excluding hydrogens is 322 g/mol. The highest BCUT2D eigenvalue weighted by Crippen LogP contribution is 2.22. The summed E-state index contributed by atoms with van der Waals surface area (Å²) < 4.78 is 0. The number of thiocarbonyl (C=S) groups is 1. The fourth-order valence-corrected chi connectivity index (χ4v) is 2.28. The van der Waals surface area contributed by atoms with E-state index >= 15 is 0 Å². The van der Waals surface area contributed by atoms with E-state index < -0.39 is 0 Å². The lowest BCUT2D eigenvalue weighted by Gasteiger charge is -2.09. The summed E-state index contributed by atoms with van der Waals surface area (Å²) in [6, 6.07) is 10.5. The summed E-state index contributed by atoms with van der Waals surface area (Å²) in [6.45, 7) is 4.19. The molecule has 6 nitrogen and oxygen atoms in total. The third kappa shape index (κ3) is 3.64. The average Bonchev–Trinajstić information content (AvgIpc) is 2.59. The van der Waals surface area contributed by atoms with Gasteiger partial charge in [-0.3, -0.25) is 4.98 Å². The van der Waals surface area contributed by atoms with Crippen molar-refractivity contribution >= 4 is 34.3 Å². The number of benzene rings is 1. The molecule has 1 aromatic carbocycles.